The average Bonchev–Trinajstić information content (AvgIpc) is 2.15. The Kier molecular flexibility index (Phi) is 1.98. The zero-order valence-electron chi connectivity index (χ0n) is 7.14. The number of aromatic nitrogens is 1. The lowest BCUT2D eigenvalue weighted by molar-refractivity contribution is 0.595. The summed E-state index contributed by atoms with van der Waals surface area (Å²) < 4.78 is 22.3. The summed E-state index contributed by atoms with van der Waals surface area (Å²) in [5.74, 6) is 0. The Balaban J connectivity index is 2.92. The predicted molar refractivity (Wildman–Crippen MR) is 52.0 cm³/mol. The van der Waals surface area contributed by atoms with Crippen LogP contribution in [0.5, 0.6) is 0 Å². The van der Waals surface area contributed by atoms with Crippen LogP contribution in [0, 0.1) is 6.07 Å². The van der Waals surface area contributed by atoms with E-state index in [1.165, 1.54) is 6.20 Å². The molecule has 5 heteroatoms. The summed E-state index contributed by atoms with van der Waals surface area (Å²) in [5.41, 5.74) is 0. The number of pyridine rings is 1. The van der Waals surface area contributed by atoms with E-state index in [4.69, 9.17) is 5.14 Å². The fourth-order valence-electron chi connectivity index (χ4n) is 1.25. The van der Waals surface area contributed by atoms with Crippen LogP contribution in [0.2, 0.25) is 0 Å². The van der Waals surface area contributed by atoms with E-state index in [0.29, 0.717) is 10.8 Å². The summed E-state index contributed by atoms with van der Waals surface area (Å²) in [6.45, 7) is 0. The monoisotopic (exact) mass is 207 g/mol. The molecule has 0 atom stereocenters. The molecule has 0 unspecified atom stereocenters. The zero-order valence-corrected chi connectivity index (χ0v) is 7.95. The first-order chi connectivity index (χ1) is 6.59. The Bertz CT molecular complexity index is 573. The van der Waals surface area contributed by atoms with Crippen molar-refractivity contribution in [2.24, 2.45) is 5.14 Å². The first-order valence-electron chi connectivity index (χ1n) is 3.87. The van der Waals surface area contributed by atoms with Crippen LogP contribution in [0.15, 0.2) is 35.5 Å². The number of nitrogens with zero attached hydrogens (tertiary/aromatic N) is 1. The Morgan fingerprint density at radius 3 is 2.86 bits per heavy atom. The lowest BCUT2D eigenvalue weighted by Gasteiger charge is -2.01. The molecule has 1 radical (unpaired) electrons. The van der Waals surface area contributed by atoms with Gasteiger partial charge in [-0.25, -0.2) is 18.5 Å². The standard InChI is InChI=1S/C9H7N2O2S/c10-14(12,13)9-8-4-2-1-3-7(8)5-6-11-9/h1-2,4-6H,(H2,10,12,13). The van der Waals surface area contributed by atoms with Crippen LogP contribution >= 0.6 is 0 Å². The van der Waals surface area contributed by atoms with Gasteiger partial charge in [-0.15, -0.1) is 0 Å². The van der Waals surface area contributed by atoms with Crippen molar-refractivity contribution in [3.63, 3.8) is 0 Å². The molecule has 1 aromatic heterocycles. The predicted octanol–water partition coefficient (Wildman–Crippen LogP) is 0.682. The molecule has 0 fully saturated rings. The third kappa shape index (κ3) is 1.47. The van der Waals surface area contributed by atoms with E-state index in [2.05, 4.69) is 11.1 Å². The van der Waals surface area contributed by atoms with Crippen LogP contribution in [0.4, 0.5) is 0 Å². The van der Waals surface area contributed by atoms with Gasteiger partial charge in [-0.1, -0.05) is 18.2 Å². The highest BCUT2D eigenvalue weighted by atomic mass is 32.2. The van der Waals surface area contributed by atoms with Crippen molar-refractivity contribution in [2.45, 2.75) is 5.03 Å². The molecule has 0 aliphatic heterocycles. The highest BCUT2D eigenvalue weighted by Crippen LogP contribution is 2.18. The van der Waals surface area contributed by atoms with Crippen LogP contribution in [-0.4, -0.2) is 13.4 Å². The second-order valence-corrected chi connectivity index (χ2v) is 4.27. The number of fused-ring (bicyclic) bond motifs is 1. The molecule has 0 aliphatic carbocycles. The van der Waals surface area contributed by atoms with Gasteiger partial charge >= 0.3 is 0 Å². The lowest BCUT2D eigenvalue weighted by atomic mass is 10.2. The van der Waals surface area contributed by atoms with E-state index in [1.807, 2.05) is 0 Å². The number of primary sulfonamides is 1. The van der Waals surface area contributed by atoms with Crippen LogP contribution in [-0.2, 0) is 10.0 Å². The molecule has 71 valence electrons. The van der Waals surface area contributed by atoms with Gasteiger partial charge in [-0.05, 0) is 17.5 Å². The molecular weight excluding hydrogens is 200 g/mol. The lowest BCUT2D eigenvalue weighted by Crippen LogP contribution is -2.14. The first kappa shape index (κ1) is 9.11. The molecule has 2 rings (SSSR count). The molecule has 4 nitrogen and oxygen atoms in total. The van der Waals surface area contributed by atoms with Gasteiger partial charge in [0, 0.05) is 11.6 Å². The molecule has 0 bridgehead atoms. The summed E-state index contributed by atoms with van der Waals surface area (Å²) in [7, 11) is -3.76. The van der Waals surface area contributed by atoms with Crippen LogP contribution in [0.1, 0.15) is 0 Å². The number of hydrogen-bond acceptors (Lipinski definition) is 3. The zero-order chi connectivity index (χ0) is 10.2. The summed E-state index contributed by atoms with van der Waals surface area (Å²) in [6.07, 6.45) is 1.40. The van der Waals surface area contributed by atoms with Gasteiger partial charge in [0.1, 0.15) is 0 Å². The molecule has 1 heterocycles. The summed E-state index contributed by atoms with van der Waals surface area (Å²) in [6, 6.07) is 9.64. The minimum Gasteiger partial charge on any atom is -0.243 e. The normalized spacial score (nSPS) is 11.8. The Hall–Kier alpha value is -1.46. The van der Waals surface area contributed by atoms with E-state index in [9.17, 15) is 8.42 Å². The van der Waals surface area contributed by atoms with Gasteiger partial charge < -0.3 is 0 Å². The molecule has 2 aromatic rings. The summed E-state index contributed by atoms with van der Waals surface area (Å²) in [4.78, 5) is 3.75. The van der Waals surface area contributed by atoms with Crippen LogP contribution in [0.3, 0.4) is 0 Å². The molecule has 14 heavy (non-hydrogen) atoms. The third-order valence-corrected chi connectivity index (χ3v) is 2.69. The second-order valence-electron chi connectivity index (χ2n) is 2.79. The van der Waals surface area contributed by atoms with Gasteiger partial charge in [0.2, 0.25) is 0 Å². The van der Waals surface area contributed by atoms with Crippen LogP contribution in [0.25, 0.3) is 10.8 Å². The smallest absolute Gasteiger partial charge is 0.243 e. The van der Waals surface area contributed by atoms with Gasteiger partial charge in [-0.2, -0.15) is 0 Å². The molecule has 0 amide bonds. The SMILES string of the molecule is NS(=O)(=O)c1nccc2[c]cccc12. The van der Waals surface area contributed by atoms with Gasteiger partial charge in [0.05, 0.1) is 0 Å². The number of benzene rings is 1. The molecular formula is C9H7N2O2S. The molecule has 2 N–H and O–H groups in total. The number of sulfonamides is 1. The fraction of sp³-hybridized carbons (Fsp3) is 0. The number of hydrogen-bond donors (Lipinski definition) is 1. The fourth-order valence-corrected chi connectivity index (χ4v) is 1.94. The Labute approximate surface area is 81.4 Å². The van der Waals surface area contributed by atoms with Gasteiger partial charge in [-0.3, -0.25) is 0 Å². The van der Waals surface area contributed by atoms with Crippen molar-refractivity contribution in [1.29, 1.82) is 0 Å². The Morgan fingerprint density at radius 2 is 2.14 bits per heavy atom. The summed E-state index contributed by atoms with van der Waals surface area (Å²) >= 11 is 0. The third-order valence-electron chi connectivity index (χ3n) is 1.82. The van der Waals surface area contributed by atoms with E-state index in [1.54, 1.807) is 24.3 Å². The quantitative estimate of drug-likeness (QED) is 0.747. The molecule has 1 aromatic carbocycles. The minimum atomic E-state index is -3.76. The maximum absolute atomic E-state index is 11.1. The highest BCUT2D eigenvalue weighted by Gasteiger charge is 2.12. The van der Waals surface area contributed by atoms with Crippen LogP contribution < -0.4 is 5.14 Å². The van der Waals surface area contributed by atoms with Gasteiger partial charge in [0.15, 0.2) is 5.03 Å². The van der Waals surface area contributed by atoms with E-state index in [0.717, 1.165) is 0 Å². The maximum Gasteiger partial charge on any atom is 0.256 e. The molecule has 0 saturated carbocycles. The highest BCUT2D eigenvalue weighted by molar-refractivity contribution is 7.89. The van der Waals surface area contributed by atoms with Crippen molar-refractivity contribution in [1.82, 2.24) is 4.98 Å². The van der Waals surface area contributed by atoms with Crippen molar-refractivity contribution in [3.8, 4) is 0 Å². The van der Waals surface area contributed by atoms with Crippen molar-refractivity contribution >= 4 is 20.8 Å². The average molecular weight is 207 g/mol. The van der Waals surface area contributed by atoms with Gasteiger partial charge in [0.25, 0.3) is 10.0 Å². The van der Waals surface area contributed by atoms with E-state index < -0.39 is 10.0 Å². The molecule has 0 saturated heterocycles. The largest absolute Gasteiger partial charge is 0.256 e. The Morgan fingerprint density at radius 1 is 1.36 bits per heavy atom. The number of nitrogens with two attached hydrogens (primary N) is 1. The molecule has 0 spiro atoms. The second kappa shape index (κ2) is 3.04. The van der Waals surface area contributed by atoms with E-state index in [-0.39, 0.29) is 5.03 Å². The summed E-state index contributed by atoms with van der Waals surface area (Å²) in [5, 5.41) is 6.10. The van der Waals surface area contributed by atoms with Crippen molar-refractivity contribution < 1.29 is 8.42 Å². The first-order valence-corrected chi connectivity index (χ1v) is 5.42. The van der Waals surface area contributed by atoms with Crippen molar-refractivity contribution in [3.05, 3.63) is 36.5 Å². The number of rotatable bonds is 1. The molecule has 0 aliphatic rings. The topological polar surface area (TPSA) is 73.1 Å². The maximum atomic E-state index is 11.1. The minimum absolute atomic E-state index is 0.105. The van der Waals surface area contributed by atoms with E-state index >= 15 is 0 Å². The van der Waals surface area contributed by atoms with Crippen molar-refractivity contribution in [2.75, 3.05) is 0 Å².